The van der Waals surface area contributed by atoms with Crippen LogP contribution in [0.25, 0.3) is 0 Å². The third-order valence-electron chi connectivity index (χ3n) is 4.55. The van der Waals surface area contributed by atoms with Gasteiger partial charge in [-0.15, -0.1) is 10.2 Å². The number of hydrogen-bond acceptors (Lipinski definition) is 6. The van der Waals surface area contributed by atoms with Crippen LogP contribution in [-0.4, -0.2) is 38.9 Å². The predicted octanol–water partition coefficient (Wildman–Crippen LogP) is 2.75. The fraction of sp³-hybridized carbons (Fsp3) is 0.389. The lowest BCUT2D eigenvalue weighted by atomic mass is 9.96. The average Bonchev–Trinajstić information content (AvgIpc) is 3.20. The minimum absolute atomic E-state index is 0.198. The van der Waals surface area contributed by atoms with Crippen LogP contribution in [0.4, 0.5) is 5.13 Å². The third kappa shape index (κ3) is 3.12. The number of fused-ring (bicyclic) bond motifs is 1. The highest BCUT2D eigenvalue weighted by Crippen LogP contribution is 2.29. The Morgan fingerprint density at radius 2 is 1.77 bits per heavy atom. The molecule has 2 aromatic rings. The van der Waals surface area contributed by atoms with Crippen molar-refractivity contribution in [1.82, 2.24) is 15.1 Å². The number of aryl methyl sites for hydroxylation is 1. The molecule has 0 saturated heterocycles. The molecule has 7 nitrogen and oxygen atoms in total. The Kier molecular flexibility index (Phi) is 5.13. The second-order valence-electron chi connectivity index (χ2n) is 6.20. The molecule has 1 N–H and O–H groups in total. The van der Waals surface area contributed by atoms with Crippen LogP contribution in [0.15, 0.2) is 24.3 Å². The van der Waals surface area contributed by atoms with Crippen LogP contribution in [-0.2, 0) is 11.2 Å². The van der Waals surface area contributed by atoms with E-state index in [4.69, 9.17) is 0 Å². The van der Waals surface area contributed by atoms with Crippen LogP contribution >= 0.6 is 11.3 Å². The zero-order valence-corrected chi connectivity index (χ0v) is 15.7. The standard InChI is InChI=1S/C18H20N4O3S/c1-4-10(3)14(15(23)19-18-21-20-13(5-2)26-18)22-16(24)11-8-6-7-9-12(11)17(22)25/h6-10,14H,4-5H2,1-3H3,(H,19,21,23)/t10-,14+/m0/s1. The Balaban J connectivity index is 1.90. The van der Waals surface area contributed by atoms with Gasteiger partial charge in [-0.3, -0.25) is 24.6 Å². The Hall–Kier alpha value is -2.61. The van der Waals surface area contributed by atoms with Crippen LogP contribution in [0.5, 0.6) is 0 Å². The van der Waals surface area contributed by atoms with Gasteiger partial charge in [-0.2, -0.15) is 0 Å². The Bertz CT molecular complexity index is 829. The molecule has 26 heavy (non-hydrogen) atoms. The van der Waals surface area contributed by atoms with Crippen LogP contribution in [0.1, 0.15) is 52.9 Å². The molecule has 0 spiro atoms. The monoisotopic (exact) mass is 372 g/mol. The van der Waals surface area contributed by atoms with Gasteiger partial charge in [-0.1, -0.05) is 50.7 Å². The smallest absolute Gasteiger partial charge is 0.262 e. The predicted molar refractivity (Wildman–Crippen MR) is 98.1 cm³/mol. The first-order chi connectivity index (χ1) is 12.5. The van der Waals surface area contributed by atoms with Gasteiger partial charge in [-0.25, -0.2) is 0 Å². The van der Waals surface area contributed by atoms with Gasteiger partial charge >= 0.3 is 0 Å². The molecule has 1 aliphatic heterocycles. The molecule has 3 amide bonds. The maximum atomic E-state index is 12.9. The first-order valence-corrected chi connectivity index (χ1v) is 9.39. The number of nitrogens with one attached hydrogen (secondary N) is 1. The van der Waals surface area contributed by atoms with E-state index in [0.717, 1.165) is 16.3 Å². The summed E-state index contributed by atoms with van der Waals surface area (Å²) in [4.78, 5) is 39.6. The SMILES string of the molecule is CCc1nnc(NC(=O)[C@@H]([C@@H](C)CC)N2C(=O)c3ccccc3C2=O)s1. The number of amides is 3. The largest absolute Gasteiger partial charge is 0.299 e. The fourth-order valence-electron chi connectivity index (χ4n) is 2.94. The molecule has 3 rings (SSSR count). The molecular weight excluding hydrogens is 352 g/mol. The summed E-state index contributed by atoms with van der Waals surface area (Å²) < 4.78 is 0. The zero-order valence-electron chi connectivity index (χ0n) is 14.9. The molecule has 1 aliphatic rings. The summed E-state index contributed by atoms with van der Waals surface area (Å²) in [7, 11) is 0. The lowest BCUT2D eigenvalue weighted by molar-refractivity contribution is -0.121. The highest BCUT2D eigenvalue weighted by molar-refractivity contribution is 7.15. The van der Waals surface area contributed by atoms with E-state index in [0.29, 0.717) is 22.7 Å². The van der Waals surface area contributed by atoms with Gasteiger partial charge < -0.3 is 0 Å². The first kappa shape index (κ1) is 18.2. The summed E-state index contributed by atoms with van der Waals surface area (Å²) in [5, 5.41) is 11.8. The minimum Gasteiger partial charge on any atom is -0.299 e. The quantitative estimate of drug-likeness (QED) is 0.787. The van der Waals surface area contributed by atoms with Crippen LogP contribution in [0.3, 0.4) is 0 Å². The number of carbonyl (C=O) groups is 3. The molecule has 2 heterocycles. The Morgan fingerprint density at radius 1 is 1.15 bits per heavy atom. The summed E-state index contributed by atoms with van der Waals surface area (Å²) in [6, 6.07) is 5.73. The number of aromatic nitrogens is 2. The van der Waals surface area contributed by atoms with E-state index in [9.17, 15) is 14.4 Å². The number of rotatable bonds is 6. The van der Waals surface area contributed by atoms with E-state index >= 15 is 0 Å². The number of nitrogens with zero attached hydrogens (tertiary/aromatic N) is 3. The van der Waals surface area contributed by atoms with Gasteiger partial charge in [0.25, 0.3) is 11.8 Å². The van der Waals surface area contributed by atoms with Gasteiger partial charge in [0.1, 0.15) is 11.0 Å². The van der Waals surface area contributed by atoms with Gasteiger partial charge in [0.05, 0.1) is 11.1 Å². The van der Waals surface area contributed by atoms with Crippen LogP contribution in [0.2, 0.25) is 0 Å². The first-order valence-electron chi connectivity index (χ1n) is 8.58. The number of imide groups is 1. The second kappa shape index (κ2) is 7.33. The lowest BCUT2D eigenvalue weighted by Crippen LogP contribution is -2.50. The molecule has 0 unspecified atom stereocenters. The molecular formula is C18H20N4O3S. The van der Waals surface area contributed by atoms with Crippen molar-refractivity contribution in [2.24, 2.45) is 5.92 Å². The van der Waals surface area contributed by atoms with Gasteiger partial charge in [0.2, 0.25) is 11.0 Å². The maximum absolute atomic E-state index is 12.9. The van der Waals surface area contributed by atoms with Crippen LogP contribution < -0.4 is 5.32 Å². The van der Waals surface area contributed by atoms with E-state index in [2.05, 4.69) is 15.5 Å². The molecule has 0 radical (unpaired) electrons. The highest BCUT2D eigenvalue weighted by atomic mass is 32.1. The molecule has 8 heteroatoms. The van der Waals surface area contributed by atoms with E-state index in [1.165, 1.54) is 11.3 Å². The van der Waals surface area contributed by atoms with Crippen molar-refractivity contribution < 1.29 is 14.4 Å². The molecule has 0 fully saturated rings. The summed E-state index contributed by atoms with van der Waals surface area (Å²) in [6.07, 6.45) is 1.36. The summed E-state index contributed by atoms with van der Waals surface area (Å²) in [6.45, 7) is 5.72. The maximum Gasteiger partial charge on any atom is 0.262 e. The fourth-order valence-corrected chi connectivity index (χ4v) is 3.62. The van der Waals surface area contributed by atoms with Crippen molar-refractivity contribution in [3.05, 3.63) is 40.4 Å². The van der Waals surface area contributed by atoms with Gasteiger partial charge in [0, 0.05) is 0 Å². The van der Waals surface area contributed by atoms with E-state index in [1.54, 1.807) is 24.3 Å². The molecule has 1 aromatic carbocycles. The molecule has 136 valence electrons. The highest BCUT2D eigenvalue weighted by Gasteiger charge is 2.44. The summed E-state index contributed by atoms with van der Waals surface area (Å²) in [5.74, 6) is -1.49. The Morgan fingerprint density at radius 3 is 2.27 bits per heavy atom. The number of hydrogen-bond donors (Lipinski definition) is 1. The number of benzene rings is 1. The number of anilines is 1. The zero-order chi connectivity index (χ0) is 18.8. The molecule has 0 aliphatic carbocycles. The third-order valence-corrected chi connectivity index (χ3v) is 5.54. The molecule has 1 aromatic heterocycles. The summed E-state index contributed by atoms with van der Waals surface area (Å²) >= 11 is 1.29. The van der Waals surface area contributed by atoms with Crippen molar-refractivity contribution in [1.29, 1.82) is 0 Å². The molecule has 0 bridgehead atoms. The van der Waals surface area contributed by atoms with Crippen molar-refractivity contribution in [3.8, 4) is 0 Å². The lowest BCUT2D eigenvalue weighted by Gasteiger charge is -2.29. The Labute approximate surface area is 155 Å². The van der Waals surface area contributed by atoms with E-state index in [-0.39, 0.29) is 5.92 Å². The molecule has 2 atom stereocenters. The topological polar surface area (TPSA) is 92.3 Å². The average molecular weight is 372 g/mol. The normalized spacial score (nSPS) is 15.7. The van der Waals surface area contributed by atoms with Crippen molar-refractivity contribution >= 4 is 34.2 Å². The van der Waals surface area contributed by atoms with Crippen molar-refractivity contribution in [2.45, 2.75) is 39.7 Å². The summed E-state index contributed by atoms with van der Waals surface area (Å²) in [5.41, 5.74) is 0.672. The minimum atomic E-state index is -0.902. The van der Waals surface area contributed by atoms with E-state index in [1.807, 2.05) is 20.8 Å². The number of carbonyl (C=O) groups excluding carboxylic acids is 3. The van der Waals surface area contributed by atoms with Crippen LogP contribution in [0, 0.1) is 5.92 Å². The second-order valence-corrected chi connectivity index (χ2v) is 7.26. The van der Waals surface area contributed by atoms with Gasteiger partial charge in [0.15, 0.2) is 0 Å². The van der Waals surface area contributed by atoms with Gasteiger partial charge in [-0.05, 0) is 24.5 Å². The van der Waals surface area contributed by atoms with Crippen molar-refractivity contribution in [3.63, 3.8) is 0 Å². The molecule has 0 saturated carbocycles. The van der Waals surface area contributed by atoms with E-state index < -0.39 is 23.8 Å². The van der Waals surface area contributed by atoms with Crippen molar-refractivity contribution in [2.75, 3.05) is 5.32 Å².